The predicted molar refractivity (Wildman–Crippen MR) is 77.1 cm³/mol. The van der Waals surface area contributed by atoms with E-state index < -0.39 is 5.97 Å². The van der Waals surface area contributed by atoms with Gasteiger partial charge in [0.2, 0.25) is 0 Å². The molecule has 92 valence electrons. The van der Waals surface area contributed by atoms with Gasteiger partial charge in [-0.15, -0.1) is 0 Å². The highest BCUT2D eigenvalue weighted by Crippen LogP contribution is 2.17. The molecule has 0 bridgehead atoms. The van der Waals surface area contributed by atoms with Crippen molar-refractivity contribution in [2.45, 2.75) is 6.42 Å². The number of hydrogen-bond donors (Lipinski definition) is 1. The lowest BCUT2D eigenvalue weighted by atomic mass is 9.94. The van der Waals surface area contributed by atoms with Crippen molar-refractivity contribution in [1.29, 1.82) is 0 Å². The van der Waals surface area contributed by atoms with Gasteiger partial charge in [-0.3, -0.25) is 4.99 Å². The van der Waals surface area contributed by atoms with Crippen molar-refractivity contribution >= 4 is 31.2 Å². The summed E-state index contributed by atoms with van der Waals surface area (Å²) in [4.78, 5) is 15.2. The Morgan fingerprint density at radius 2 is 1.95 bits per heavy atom. The molecule has 1 N–H and O–H groups in total. The molecule has 3 nitrogen and oxygen atoms in total. The molecule has 4 heteroatoms. The van der Waals surface area contributed by atoms with E-state index in [0.717, 1.165) is 5.56 Å². The van der Waals surface area contributed by atoms with Gasteiger partial charge in [-0.05, 0) is 17.7 Å². The largest absolute Gasteiger partial charge is 0.478 e. The van der Waals surface area contributed by atoms with Crippen LogP contribution >= 0.6 is 0 Å². The van der Waals surface area contributed by atoms with Crippen LogP contribution in [0.3, 0.4) is 0 Å². The minimum atomic E-state index is -1.01. The van der Waals surface area contributed by atoms with Crippen molar-refractivity contribution in [3.05, 3.63) is 59.7 Å². The van der Waals surface area contributed by atoms with E-state index in [9.17, 15) is 4.79 Å². The first-order valence-electron chi connectivity index (χ1n) is 5.86. The monoisotopic (exact) mass is 249 g/mol. The van der Waals surface area contributed by atoms with Gasteiger partial charge < -0.3 is 5.11 Å². The lowest BCUT2D eigenvalue weighted by Gasteiger charge is -2.02. The summed E-state index contributed by atoms with van der Waals surface area (Å²) in [6.45, 7) is 0. The Kier molecular flexibility index (Phi) is 4.13. The van der Waals surface area contributed by atoms with Gasteiger partial charge in [0.05, 0.1) is 11.3 Å². The van der Waals surface area contributed by atoms with E-state index in [4.69, 9.17) is 13.0 Å². The normalized spacial score (nSPS) is 10.7. The van der Waals surface area contributed by atoms with Crippen molar-refractivity contribution in [1.82, 2.24) is 0 Å². The van der Waals surface area contributed by atoms with Crippen LogP contribution in [0.15, 0.2) is 53.5 Å². The molecule has 0 aromatic heterocycles. The van der Waals surface area contributed by atoms with E-state index in [2.05, 4.69) is 4.99 Å². The van der Waals surface area contributed by atoms with Gasteiger partial charge in [-0.2, -0.15) is 0 Å². The Hall–Kier alpha value is -2.36. The fourth-order valence-corrected chi connectivity index (χ4v) is 1.70. The molecule has 2 aromatic rings. The summed E-state index contributed by atoms with van der Waals surface area (Å²) in [5.41, 5.74) is 2.14. The Bertz CT molecular complexity index is 609. The van der Waals surface area contributed by atoms with Gasteiger partial charge >= 0.3 is 5.97 Å². The first kappa shape index (κ1) is 13.1. The third-order valence-electron chi connectivity index (χ3n) is 2.65. The summed E-state index contributed by atoms with van der Waals surface area (Å²) in [5, 5.41) is 9.06. The zero-order valence-corrected chi connectivity index (χ0v) is 10.3. The van der Waals surface area contributed by atoms with Crippen molar-refractivity contribution in [3.63, 3.8) is 0 Å². The summed E-state index contributed by atoms with van der Waals surface area (Å²) in [7, 11) is 5.64. The van der Waals surface area contributed by atoms with Crippen LogP contribution in [0.4, 0.5) is 5.69 Å². The summed E-state index contributed by atoms with van der Waals surface area (Å²) in [6, 6.07) is 14.4. The summed E-state index contributed by atoms with van der Waals surface area (Å²) < 4.78 is 0. The molecule has 0 aliphatic rings. The first-order valence-corrected chi connectivity index (χ1v) is 5.86. The van der Waals surface area contributed by atoms with Gasteiger partial charge in [0, 0.05) is 12.6 Å². The average Bonchev–Trinajstić information content (AvgIpc) is 2.39. The molecule has 2 rings (SSSR count). The first-order chi connectivity index (χ1) is 9.16. The van der Waals surface area contributed by atoms with Gasteiger partial charge in [0.25, 0.3) is 0 Å². The van der Waals surface area contributed by atoms with E-state index in [1.165, 1.54) is 6.07 Å². The molecule has 0 saturated heterocycles. The molecule has 0 unspecified atom stereocenters. The minimum absolute atomic E-state index is 0.151. The van der Waals surface area contributed by atoms with Crippen LogP contribution in [0.2, 0.25) is 0 Å². The molecule has 0 aliphatic heterocycles. The third kappa shape index (κ3) is 3.55. The Morgan fingerprint density at radius 3 is 2.63 bits per heavy atom. The Labute approximate surface area is 113 Å². The van der Waals surface area contributed by atoms with Crippen LogP contribution in [0.5, 0.6) is 0 Å². The SMILES string of the molecule is [B]c1ccc(C(=O)O)c(N=CCc2ccccc2)c1. The number of carboxylic acid groups (broad SMARTS) is 1. The number of nitrogens with zero attached hydrogens (tertiary/aromatic N) is 1. The number of aromatic carboxylic acids is 1. The highest BCUT2D eigenvalue weighted by atomic mass is 16.4. The third-order valence-corrected chi connectivity index (χ3v) is 2.65. The number of carboxylic acids is 1. The van der Waals surface area contributed by atoms with Crippen molar-refractivity contribution in [3.8, 4) is 0 Å². The molecule has 0 heterocycles. The molecule has 0 atom stereocenters. The molecule has 2 aromatic carbocycles. The number of carbonyl (C=O) groups is 1. The van der Waals surface area contributed by atoms with E-state index in [1.807, 2.05) is 30.3 Å². The highest BCUT2D eigenvalue weighted by molar-refractivity contribution is 6.32. The second-order valence-electron chi connectivity index (χ2n) is 4.08. The maximum absolute atomic E-state index is 11.1. The molecule has 0 aliphatic carbocycles. The lowest BCUT2D eigenvalue weighted by molar-refractivity contribution is 0.0698. The van der Waals surface area contributed by atoms with Crippen LogP contribution < -0.4 is 5.46 Å². The van der Waals surface area contributed by atoms with E-state index >= 15 is 0 Å². The molecule has 2 radical (unpaired) electrons. The summed E-state index contributed by atoms with van der Waals surface area (Å²) in [5.74, 6) is -1.01. The second-order valence-corrected chi connectivity index (χ2v) is 4.08. The Morgan fingerprint density at radius 1 is 1.21 bits per heavy atom. The number of rotatable bonds is 4. The maximum Gasteiger partial charge on any atom is 0.337 e. The molecule has 19 heavy (non-hydrogen) atoms. The Balaban J connectivity index is 2.18. The minimum Gasteiger partial charge on any atom is -0.478 e. The quantitative estimate of drug-likeness (QED) is 0.666. The molecule has 0 saturated carbocycles. The van der Waals surface area contributed by atoms with Crippen LogP contribution in [0.25, 0.3) is 0 Å². The summed E-state index contributed by atoms with van der Waals surface area (Å²) in [6.07, 6.45) is 2.34. The van der Waals surface area contributed by atoms with Crippen LogP contribution in [-0.2, 0) is 6.42 Å². The van der Waals surface area contributed by atoms with Gasteiger partial charge in [-0.25, -0.2) is 4.79 Å². The molecule has 0 fully saturated rings. The molecular weight excluding hydrogens is 237 g/mol. The van der Waals surface area contributed by atoms with Crippen molar-refractivity contribution < 1.29 is 9.90 Å². The van der Waals surface area contributed by atoms with Crippen molar-refractivity contribution in [2.75, 3.05) is 0 Å². The smallest absolute Gasteiger partial charge is 0.337 e. The maximum atomic E-state index is 11.1. The average molecular weight is 249 g/mol. The second kappa shape index (κ2) is 6.00. The van der Waals surface area contributed by atoms with Crippen molar-refractivity contribution in [2.24, 2.45) is 4.99 Å². The number of benzene rings is 2. The molecule has 0 amide bonds. The summed E-state index contributed by atoms with van der Waals surface area (Å²) >= 11 is 0. The number of aliphatic imine (C=N–C) groups is 1. The topological polar surface area (TPSA) is 49.7 Å². The van der Waals surface area contributed by atoms with Gasteiger partial charge in [-0.1, -0.05) is 41.9 Å². The van der Waals surface area contributed by atoms with Gasteiger partial charge in [0.15, 0.2) is 0 Å². The fraction of sp³-hybridized carbons (Fsp3) is 0.0667. The fourth-order valence-electron chi connectivity index (χ4n) is 1.70. The standard InChI is InChI=1S/C15H12BNO2/c16-12-6-7-13(15(18)19)14(10-12)17-9-8-11-4-2-1-3-5-11/h1-7,9-10H,8H2,(H,18,19). The highest BCUT2D eigenvalue weighted by Gasteiger charge is 2.08. The molecular formula is C15H12BNO2. The predicted octanol–water partition coefficient (Wildman–Crippen LogP) is 2.12. The van der Waals surface area contributed by atoms with Crippen LogP contribution in [0, 0.1) is 0 Å². The van der Waals surface area contributed by atoms with Gasteiger partial charge in [0.1, 0.15) is 7.85 Å². The number of hydrogen-bond acceptors (Lipinski definition) is 2. The van der Waals surface area contributed by atoms with Crippen LogP contribution in [0.1, 0.15) is 15.9 Å². The zero-order chi connectivity index (χ0) is 13.7. The van der Waals surface area contributed by atoms with E-state index in [-0.39, 0.29) is 5.56 Å². The lowest BCUT2D eigenvalue weighted by Crippen LogP contribution is -2.05. The van der Waals surface area contributed by atoms with E-state index in [0.29, 0.717) is 17.6 Å². The zero-order valence-electron chi connectivity index (χ0n) is 10.3. The molecule has 0 spiro atoms. The van der Waals surface area contributed by atoms with Crippen LogP contribution in [-0.4, -0.2) is 25.1 Å². The van der Waals surface area contributed by atoms with E-state index in [1.54, 1.807) is 18.3 Å².